The summed E-state index contributed by atoms with van der Waals surface area (Å²) in [6.07, 6.45) is -1.07. The zero-order valence-corrected chi connectivity index (χ0v) is 19.4. The quantitative estimate of drug-likeness (QED) is 0.600. The SMILES string of the molecule is Cc1nnc(N[C@H](C)c2cccc(C(F)F)c2F)c2cc(N3CC4(CN(C)CCO4)C3)cnc12. The van der Waals surface area contributed by atoms with Gasteiger partial charge < -0.3 is 19.9 Å². The highest BCUT2D eigenvalue weighted by atomic mass is 19.3. The Morgan fingerprint density at radius 1 is 1.15 bits per heavy atom. The number of nitrogens with one attached hydrogen (secondary N) is 1. The van der Waals surface area contributed by atoms with Crippen LogP contribution in [0.2, 0.25) is 0 Å². The zero-order chi connectivity index (χ0) is 24.0. The number of benzene rings is 1. The number of likely N-dealkylation sites (N-methyl/N-ethyl adjacent to an activating group) is 1. The highest BCUT2D eigenvalue weighted by Gasteiger charge is 2.46. The van der Waals surface area contributed by atoms with E-state index >= 15 is 0 Å². The summed E-state index contributed by atoms with van der Waals surface area (Å²) in [5, 5.41) is 12.3. The van der Waals surface area contributed by atoms with Crippen LogP contribution in [-0.4, -0.2) is 65.5 Å². The highest BCUT2D eigenvalue weighted by Crippen LogP contribution is 2.36. The molecule has 0 radical (unpaired) electrons. The second-order valence-corrected chi connectivity index (χ2v) is 9.27. The van der Waals surface area contributed by atoms with E-state index in [1.165, 1.54) is 12.1 Å². The average molecular weight is 473 g/mol. The number of ether oxygens (including phenoxy) is 1. The Bertz CT molecular complexity index is 1220. The van der Waals surface area contributed by atoms with Crippen LogP contribution in [0.4, 0.5) is 24.7 Å². The van der Waals surface area contributed by atoms with Crippen LogP contribution in [-0.2, 0) is 4.74 Å². The Morgan fingerprint density at radius 3 is 2.65 bits per heavy atom. The molecule has 2 aliphatic heterocycles. The summed E-state index contributed by atoms with van der Waals surface area (Å²) < 4.78 is 47.1. The van der Waals surface area contributed by atoms with Crippen LogP contribution in [0.15, 0.2) is 30.5 Å². The Balaban J connectivity index is 1.42. The average Bonchev–Trinajstić information content (AvgIpc) is 2.79. The Hall–Kier alpha value is -2.98. The maximum absolute atomic E-state index is 14.7. The third-order valence-electron chi connectivity index (χ3n) is 6.65. The minimum atomic E-state index is -2.88. The summed E-state index contributed by atoms with van der Waals surface area (Å²) >= 11 is 0. The lowest BCUT2D eigenvalue weighted by Crippen LogP contribution is -2.70. The molecule has 0 unspecified atom stereocenters. The predicted octanol–water partition coefficient (Wildman–Crippen LogP) is 4.10. The number of hydrogen-bond donors (Lipinski definition) is 1. The Morgan fingerprint density at radius 2 is 1.91 bits per heavy atom. The fourth-order valence-corrected chi connectivity index (χ4v) is 4.84. The van der Waals surface area contributed by atoms with Crippen molar-refractivity contribution in [2.45, 2.75) is 31.9 Å². The van der Waals surface area contributed by atoms with Gasteiger partial charge in [-0.1, -0.05) is 18.2 Å². The molecule has 2 fully saturated rings. The maximum Gasteiger partial charge on any atom is 0.266 e. The number of nitrogens with zero attached hydrogens (tertiary/aromatic N) is 5. The second-order valence-electron chi connectivity index (χ2n) is 9.27. The van der Waals surface area contributed by atoms with Crippen molar-refractivity contribution in [1.82, 2.24) is 20.1 Å². The van der Waals surface area contributed by atoms with Crippen LogP contribution in [0.3, 0.4) is 0 Å². The number of halogens is 3. The van der Waals surface area contributed by atoms with Crippen LogP contribution >= 0.6 is 0 Å². The first-order valence-corrected chi connectivity index (χ1v) is 11.3. The smallest absolute Gasteiger partial charge is 0.266 e. The number of anilines is 2. The molecule has 2 aliphatic rings. The van der Waals surface area contributed by atoms with Gasteiger partial charge in [-0.25, -0.2) is 13.2 Å². The van der Waals surface area contributed by atoms with Crippen molar-refractivity contribution in [1.29, 1.82) is 0 Å². The topological polar surface area (TPSA) is 66.4 Å². The van der Waals surface area contributed by atoms with Crippen molar-refractivity contribution in [2.75, 3.05) is 50.1 Å². The first kappa shape index (κ1) is 22.8. The van der Waals surface area contributed by atoms with E-state index in [0.717, 1.165) is 49.9 Å². The summed E-state index contributed by atoms with van der Waals surface area (Å²) in [5.74, 6) is -0.489. The summed E-state index contributed by atoms with van der Waals surface area (Å²) in [6, 6.07) is 5.40. The predicted molar refractivity (Wildman–Crippen MR) is 124 cm³/mol. The van der Waals surface area contributed by atoms with E-state index in [9.17, 15) is 13.2 Å². The summed E-state index contributed by atoms with van der Waals surface area (Å²) in [4.78, 5) is 9.11. The lowest BCUT2D eigenvalue weighted by molar-refractivity contribution is -0.117. The molecule has 180 valence electrons. The van der Waals surface area contributed by atoms with Crippen LogP contribution < -0.4 is 10.2 Å². The van der Waals surface area contributed by atoms with Crippen molar-refractivity contribution in [3.8, 4) is 0 Å². The first-order valence-electron chi connectivity index (χ1n) is 11.3. The van der Waals surface area contributed by atoms with Gasteiger partial charge in [-0.3, -0.25) is 4.98 Å². The second kappa shape index (κ2) is 8.66. The van der Waals surface area contributed by atoms with E-state index in [0.29, 0.717) is 17.0 Å². The summed E-state index contributed by atoms with van der Waals surface area (Å²) in [6.45, 7) is 7.62. The fraction of sp³-hybridized carbons (Fsp3) is 0.458. The molecule has 0 saturated carbocycles. The number of hydrogen-bond acceptors (Lipinski definition) is 7. The van der Waals surface area contributed by atoms with Gasteiger partial charge >= 0.3 is 0 Å². The molecular weight excluding hydrogens is 445 g/mol. The molecule has 7 nitrogen and oxygen atoms in total. The summed E-state index contributed by atoms with van der Waals surface area (Å²) in [5.41, 5.74) is 1.65. The van der Waals surface area contributed by atoms with Gasteiger partial charge in [0.15, 0.2) is 5.82 Å². The number of aryl methyl sites for hydroxylation is 1. The van der Waals surface area contributed by atoms with Gasteiger partial charge in [0.2, 0.25) is 0 Å². The number of morpholine rings is 1. The van der Waals surface area contributed by atoms with Crippen molar-refractivity contribution < 1.29 is 17.9 Å². The molecule has 1 atom stereocenters. The Kier molecular flexibility index (Phi) is 5.81. The molecule has 0 aliphatic carbocycles. The Labute approximate surface area is 195 Å². The van der Waals surface area contributed by atoms with E-state index < -0.39 is 23.8 Å². The molecule has 1 spiro atoms. The van der Waals surface area contributed by atoms with Gasteiger partial charge in [0.1, 0.15) is 11.4 Å². The first-order chi connectivity index (χ1) is 16.3. The largest absolute Gasteiger partial charge is 0.369 e. The summed E-state index contributed by atoms with van der Waals surface area (Å²) in [7, 11) is 2.10. The maximum atomic E-state index is 14.7. The van der Waals surface area contributed by atoms with Crippen LogP contribution in [0.25, 0.3) is 10.9 Å². The van der Waals surface area contributed by atoms with Crippen molar-refractivity contribution in [3.05, 3.63) is 53.1 Å². The molecule has 1 N–H and O–H groups in total. The molecule has 2 aromatic heterocycles. The monoisotopic (exact) mass is 472 g/mol. The van der Waals surface area contributed by atoms with E-state index in [1.807, 2.05) is 19.2 Å². The molecule has 3 aromatic rings. The third-order valence-corrected chi connectivity index (χ3v) is 6.65. The molecule has 1 aromatic carbocycles. The van der Waals surface area contributed by atoms with Gasteiger partial charge in [0.05, 0.1) is 54.4 Å². The molecule has 5 rings (SSSR count). The zero-order valence-electron chi connectivity index (χ0n) is 19.4. The normalized spacial score (nSPS) is 19.0. The van der Waals surface area contributed by atoms with Crippen LogP contribution in [0, 0.1) is 12.7 Å². The van der Waals surface area contributed by atoms with Gasteiger partial charge in [-0.2, -0.15) is 5.10 Å². The molecule has 4 heterocycles. The molecule has 10 heteroatoms. The number of pyridine rings is 1. The van der Waals surface area contributed by atoms with E-state index in [1.54, 1.807) is 6.92 Å². The lowest BCUT2D eigenvalue weighted by Gasteiger charge is -2.54. The standard InChI is InChI=1S/C24H27F3N6O/c1-14(17-5-4-6-18(20(17)25)22(26)27)29-23-19-9-16(10-28-21(19)15(2)30-31-23)33-12-24(13-33)11-32(3)7-8-34-24/h4-6,9-10,14,22H,7-8,11-13H2,1-3H3,(H,29,31)/t14-/m1/s1. The van der Waals surface area contributed by atoms with E-state index in [4.69, 9.17) is 4.74 Å². The van der Waals surface area contributed by atoms with Gasteiger partial charge in [0, 0.05) is 24.0 Å². The number of aromatic nitrogens is 3. The van der Waals surface area contributed by atoms with Gasteiger partial charge in [-0.15, -0.1) is 5.10 Å². The third kappa shape index (κ3) is 4.05. The minimum Gasteiger partial charge on any atom is -0.369 e. The molecule has 34 heavy (non-hydrogen) atoms. The van der Waals surface area contributed by atoms with Crippen molar-refractivity contribution in [2.24, 2.45) is 0 Å². The van der Waals surface area contributed by atoms with E-state index in [2.05, 4.69) is 37.3 Å². The van der Waals surface area contributed by atoms with Crippen molar-refractivity contribution >= 4 is 22.4 Å². The number of alkyl halides is 2. The van der Waals surface area contributed by atoms with Crippen LogP contribution in [0.1, 0.15) is 36.2 Å². The minimum absolute atomic E-state index is 0.140. The number of rotatable bonds is 5. The fourth-order valence-electron chi connectivity index (χ4n) is 4.84. The molecule has 0 amide bonds. The van der Waals surface area contributed by atoms with Gasteiger partial charge in [-0.05, 0) is 27.0 Å². The van der Waals surface area contributed by atoms with E-state index in [-0.39, 0.29) is 11.2 Å². The molecule has 2 saturated heterocycles. The highest BCUT2D eigenvalue weighted by molar-refractivity contribution is 5.92. The van der Waals surface area contributed by atoms with Crippen molar-refractivity contribution in [3.63, 3.8) is 0 Å². The number of fused-ring (bicyclic) bond motifs is 1. The lowest BCUT2D eigenvalue weighted by atomic mass is 9.91. The molecular formula is C24H27F3N6O. The molecule has 0 bridgehead atoms. The van der Waals surface area contributed by atoms with Gasteiger partial charge in [0.25, 0.3) is 6.43 Å². The van der Waals surface area contributed by atoms with Crippen LogP contribution in [0.5, 0.6) is 0 Å².